The van der Waals surface area contributed by atoms with Crippen LogP contribution in [0, 0.1) is 0 Å². The van der Waals surface area contributed by atoms with Crippen molar-refractivity contribution in [2.45, 2.75) is 44.9 Å². The standard InChI is InChI=1S/C17H31N4O4S.Y/c1-11(9-22)19(6)17(25)14(10-26)21(8)16(24)13(3)20(7)15(23)12(2)18(4)5;/h11-14,26H,10H2,1-8H3;/q-1;. The van der Waals surface area contributed by atoms with Gasteiger partial charge in [0, 0.05) is 59.6 Å². The molecule has 0 fully saturated rings. The third kappa shape index (κ3) is 7.44. The van der Waals surface area contributed by atoms with E-state index in [1.807, 2.05) is 0 Å². The summed E-state index contributed by atoms with van der Waals surface area (Å²) in [5, 5.41) is 0. The van der Waals surface area contributed by atoms with Gasteiger partial charge >= 0.3 is 0 Å². The Bertz CT molecular complexity index is 535. The zero-order chi connectivity index (χ0) is 20.8. The molecule has 153 valence electrons. The second kappa shape index (κ2) is 12.9. The van der Waals surface area contributed by atoms with E-state index in [9.17, 15) is 19.2 Å². The number of thiol groups is 1. The van der Waals surface area contributed by atoms with Crippen molar-refractivity contribution in [1.82, 2.24) is 19.6 Å². The summed E-state index contributed by atoms with van der Waals surface area (Å²) in [7, 11) is 8.10. The van der Waals surface area contributed by atoms with Crippen LogP contribution in [0.4, 0.5) is 0 Å². The van der Waals surface area contributed by atoms with Crippen LogP contribution in [0.2, 0.25) is 0 Å². The Hall–Kier alpha value is -0.506. The van der Waals surface area contributed by atoms with Crippen LogP contribution in [0.5, 0.6) is 0 Å². The molecular formula is C17H31N4O4SY-. The normalized spacial score (nSPS) is 15.0. The summed E-state index contributed by atoms with van der Waals surface area (Å²) in [6, 6.07) is -2.69. The Labute approximate surface area is 193 Å². The molecule has 4 unspecified atom stereocenters. The van der Waals surface area contributed by atoms with Crippen LogP contribution < -0.4 is 0 Å². The molecule has 10 heteroatoms. The first-order valence-corrected chi connectivity index (χ1v) is 9.00. The van der Waals surface area contributed by atoms with Crippen LogP contribution in [-0.2, 0) is 51.9 Å². The first-order chi connectivity index (χ1) is 11.9. The van der Waals surface area contributed by atoms with Gasteiger partial charge in [-0.2, -0.15) is 12.6 Å². The maximum absolute atomic E-state index is 12.8. The minimum absolute atomic E-state index is 0. The second-order valence-electron chi connectivity index (χ2n) is 6.66. The molecule has 0 heterocycles. The van der Waals surface area contributed by atoms with Gasteiger partial charge < -0.3 is 19.5 Å². The van der Waals surface area contributed by atoms with Gasteiger partial charge in [-0.25, -0.2) is 6.29 Å². The summed E-state index contributed by atoms with van der Waals surface area (Å²) in [6.07, 6.45) is 1.74. The first-order valence-electron chi connectivity index (χ1n) is 8.37. The number of carbonyl (C=O) groups excluding carboxylic acids is 4. The van der Waals surface area contributed by atoms with E-state index in [-0.39, 0.29) is 56.3 Å². The van der Waals surface area contributed by atoms with Crippen molar-refractivity contribution < 1.29 is 51.9 Å². The van der Waals surface area contributed by atoms with E-state index in [1.54, 1.807) is 53.1 Å². The number of likely N-dealkylation sites (N-methyl/N-ethyl adjacent to an activating group) is 4. The molecule has 0 aromatic rings. The van der Waals surface area contributed by atoms with Crippen molar-refractivity contribution in [1.29, 1.82) is 0 Å². The molecule has 0 aromatic carbocycles. The van der Waals surface area contributed by atoms with Gasteiger partial charge in [0.1, 0.15) is 12.1 Å². The third-order valence-electron chi connectivity index (χ3n) is 4.79. The molecule has 1 radical (unpaired) electrons. The Morgan fingerprint density at radius 1 is 0.815 bits per heavy atom. The summed E-state index contributed by atoms with van der Waals surface area (Å²) in [5.74, 6) is -0.890. The number of nitrogens with zero attached hydrogens (tertiary/aromatic N) is 4. The van der Waals surface area contributed by atoms with E-state index in [0.29, 0.717) is 0 Å². The van der Waals surface area contributed by atoms with E-state index >= 15 is 0 Å². The average molecular weight is 476 g/mol. The summed E-state index contributed by atoms with van der Waals surface area (Å²) >= 11 is 4.17. The molecule has 0 saturated heterocycles. The summed E-state index contributed by atoms with van der Waals surface area (Å²) in [4.78, 5) is 54.2. The zero-order valence-electron chi connectivity index (χ0n) is 17.5. The van der Waals surface area contributed by atoms with Gasteiger partial charge in [0.05, 0.1) is 6.04 Å². The van der Waals surface area contributed by atoms with E-state index in [0.717, 1.165) is 0 Å². The Balaban J connectivity index is 0. The molecule has 0 aromatic heterocycles. The maximum atomic E-state index is 12.8. The third-order valence-corrected chi connectivity index (χ3v) is 5.14. The quantitative estimate of drug-likeness (QED) is 0.359. The van der Waals surface area contributed by atoms with Gasteiger partial charge in [0.25, 0.3) is 0 Å². The molecule has 0 saturated carbocycles. The van der Waals surface area contributed by atoms with Gasteiger partial charge in [-0.1, -0.05) is 13.0 Å². The van der Waals surface area contributed by atoms with E-state index in [1.165, 1.54) is 28.8 Å². The average Bonchev–Trinajstić information content (AvgIpc) is 2.63. The molecule has 0 N–H and O–H groups in total. The molecule has 0 aliphatic carbocycles. The number of hydrogen-bond donors (Lipinski definition) is 1. The van der Waals surface area contributed by atoms with E-state index < -0.39 is 24.0 Å². The molecule has 27 heavy (non-hydrogen) atoms. The Morgan fingerprint density at radius 3 is 1.63 bits per heavy atom. The predicted octanol–water partition coefficient (Wildman–Crippen LogP) is -0.506. The van der Waals surface area contributed by atoms with Gasteiger partial charge in [-0.15, -0.1) is 0 Å². The monoisotopic (exact) mass is 476 g/mol. The number of rotatable bonds is 9. The molecule has 3 amide bonds. The fourth-order valence-corrected chi connectivity index (χ4v) is 2.59. The molecule has 4 atom stereocenters. The molecule has 0 aliphatic rings. The van der Waals surface area contributed by atoms with Crippen LogP contribution in [0.1, 0.15) is 20.8 Å². The van der Waals surface area contributed by atoms with Gasteiger partial charge in [-0.05, 0) is 27.9 Å². The number of carbonyl (C=O) groups is 3. The Morgan fingerprint density at radius 2 is 1.26 bits per heavy atom. The maximum Gasteiger partial charge on any atom is 0.245 e. The van der Waals surface area contributed by atoms with Crippen LogP contribution in [0.25, 0.3) is 0 Å². The van der Waals surface area contributed by atoms with Crippen LogP contribution >= 0.6 is 12.6 Å². The molecular weight excluding hydrogens is 445 g/mol. The second-order valence-corrected chi connectivity index (χ2v) is 7.02. The minimum atomic E-state index is -0.844. The molecule has 0 rings (SSSR count). The molecule has 0 aliphatic heterocycles. The fraction of sp³-hybridized carbons (Fsp3) is 0.765. The Kier molecular flexibility index (Phi) is 13.7. The van der Waals surface area contributed by atoms with Crippen molar-refractivity contribution in [2.24, 2.45) is 0 Å². The SMILES string of the molecule is CC(C(=O)N(C)C(C)C(=O)N(C)C(CS)C(=O)N(C)C(C)[C-]=O)N(C)C.[Y]. The predicted molar refractivity (Wildman–Crippen MR) is 104 cm³/mol. The van der Waals surface area contributed by atoms with Crippen molar-refractivity contribution >= 4 is 36.6 Å². The van der Waals surface area contributed by atoms with Crippen molar-refractivity contribution in [3.05, 3.63) is 0 Å². The van der Waals surface area contributed by atoms with Crippen molar-refractivity contribution in [2.75, 3.05) is 41.0 Å². The topological polar surface area (TPSA) is 81.2 Å². The van der Waals surface area contributed by atoms with Crippen molar-refractivity contribution in [3.8, 4) is 0 Å². The number of amides is 3. The zero-order valence-corrected chi connectivity index (χ0v) is 21.2. The smallest absolute Gasteiger partial charge is 0.245 e. The van der Waals surface area contributed by atoms with Gasteiger partial charge in [-0.3, -0.25) is 19.3 Å². The molecule has 0 bridgehead atoms. The molecule has 8 nitrogen and oxygen atoms in total. The summed E-state index contributed by atoms with van der Waals surface area (Å²) in [5.41, 5.74) is 0. The fourth-order valence-electron chi connectivity index (χ4n) is 2.19. The van der Waals surface area contributed by atoms with Gasteiger partial charge in [0.2, 0.25) is 17.7 Å². The minimum Gasteiger partial charge on any atom is -0.540 e. The van der Waals surface area contributed by atoms with E-state index in [2.05, 4.69) is 12.6 Å². The van der Waals surface area contributed by atoms with Crippen LogP contribution in [0.3, 0.4) is 0 Å². The summed E-state index contributed by atoms with van der Waals surface area (Å²) < 4.78 is 0. The number of hydrogen-bond acceptors (Lipinski definition) is 6. The largest absolute Gasteiger partial charge is 0.540 e. The van der Waals surface area contributed by atoms with Crippen LogP contribution in [-0.4, -0.2) is 109 Å². The summed E-state index contributed by atoms with van der Waals surface area (Å²) in [6.45, 7) is 4.91. The molecule has 0 spiro atoms. The van der Waals surface area contributed by atoms with Gasteiger partial charge in [0.15, 0.2) is 0 Å². The first kappa shape index (κ1) is 28.7. The van der Waals surface area contributed by atoms with Crippen molar-refractivity contribution in [3.63, 3.8) is 0 Å². The van der Waals surface area contributed by atoms with Crippen LogP contribution in [0.15, 0.2) is 0 Å². The van der Waals surface area contributed by atoms with E-state index in [4.69, 9.17) is 0 Å².